The fraction of sp³-hybridized carbons (Fsp3) is 0.941. The lowest BCUT2D eigenvalue weighted by Gasteiger charge is -2.22. The Morgan fingerprint density at radius 1 is 1.21 bits per heavy atom. The predicted molar refractivity (Wildman–Crippen MR) is 103 cm³/mol. The Morgan fingerprint density at radius 3 is 2.50 bits per heavy atom. The van der Waals surface area contributed by atoms with Gasteiger partial charge in [0.1, 0.15) is 0 Å². The maximum atomic E-state index is 12.4. The fourth-order valence-corrected chi connectivity index (χ4v) is 3.65. The van der Waals surface area contributed by atoms with Crippen LogP contribution in [0, 0.1) is 5.92 Å². The van der Waals surface area contributed by atoms with Gasteiger partial charge in [0.25, 0.3) is 0 Å². The summed E-state index contributed by atoms with van der Waals surface area (Å²) in [5.41, 5.74) is 6.07. The van der Waals surface area contributed by atoms with Gasteiger partial charge in [-0.3, -0.25) is 4.79 Å². The Labute approximate surface area is 159 Å². The summed E-state index contributed by atoms with van der Waals surface area (Å²) < 4.78 is 5.95. The number of likely N-dealkylation sites (N-methyl/N-ethyl adjacent to an activating group) is 1. The van der Waals surface area contributed by atoms with Crippen LogP contribution in [0.3, 0.4) is 0 Å². The minimum atomic E-state index is 0. The van der Waals surface area contributed by atoms with E-state index in [4.69, 9.17) is 10.5 Å². The van der Waals surface area contributed by atoms with Crippen molar-refractivity contribution in [3.8, 4) is 0 Å². The third-order valence-corrected chi connectivity index (χ3v) is 5.31. The highest BCUT2D eigenvalue weighted by Gasteiger charge is 2.31. The predicted octanol–water partition coefficient (Wildman–Crippen LogP) is 2.31. The highest BCUT2D eigenvalue weighted by molar-refractivity contribution is 5.85. The number of nitrogens with zero attached hydrogens (tertiary/aromatic N) is 2. The van der Waals surface area contributed by atoms with Crippen LogP contribution < -0.4 is 5.73 Å². The largest absolute Gasteiger partial charge is 0.375 e. The first kappa shape index (κ1) is 23.9. The number of likely N-dealkylation sites (tertiary alicyclic amines) is 1. The monoisotopic (exact) mass is 383 g/mol. The molecular formula is C17H35Cl2N3O2. The molecule has 1 saturated carbocycles. The zero-order valence-corrected chi connectivity index (χ0v) is 16.7. The van der Waals surface area contributed by atoms with Gasteiger partial charge in [0.15, 0.2) is 0 Å². The summed E-state index contributed by atoms with van der Waals surface area (Å²) in [6.07, 6.45) is 5.20. The second-order valence-corrected chi connectivity index (χ2v) is 6.71. The summed E-state index contributed by atoms with van der Waals surface area (Å²) >= 11 is 0. The van der Waals surface area contributed by atoms with E-state index in [1.807, 2.05) is 4.90 Å². The van der Waals surface area contributed by atoms with Gasteiger partial charge in [-0.1, -0.05) is 20.3 Å². The number of hydrogen-bond acceptors (Lipinski definition) is 4. The SMILES string of the molecule is CCN(CC)CCOC1CCN(C(=O)C[C@@H]2CCC[C@H]2N)C1.Cl.Cl. The van der Waals surface area contributed by atoms with E-state index >= 15 is 0 Å². The van der Waals surface area contributed by atoms with Crippen molar-refractivity contribution in [1.82, 2.24) is 9.80 Å². The van der Waals surface area contributed by atoms with Gasteiger partial charge >= 0.3 is 0 Å². The van der Waals surface area contributed by atoms with Crippen LogP contribution in [0.4, 0.5) is 0 Å². The topological polar surface area (TPSA) is 58.8 Å². The van der Waals surface area contributed by atoms with Crippen LogP contribution in [0.15, 0.2) is 0 Å². The molecular weight excluding hydrogens is 349 g/mol. The van der Waals surface area contributed by atoms with Crippen molar-refractivity contribution in [3.05, 3.63) is 0 Å². The zero-order valence-electron chi connectivity index (χ0n) is 15.1. The second kappa shape index (κ2) is 12.3. The molecule has 2 rings (SSSR count). The van der Waals surface area contributed by atoms with Gasteiger partial charge in [-0.2, -0.15) is 0 Å². The maximum Gasteiger partial charge on any atom is 0.222 e. The van der Waals surface area contributed by atoms with Gasteiger partial charge in [0, 0.05) is 32.1 Å². The van der Waals surface area contributed by atoms with Crippen LogP contribution in [-0.4, -0.2) is 67.2 Å². The number of rotatable bonds is 8. The molecule has 2 N–H and O–H groups in total. The van der Waals surface area contributed by atoms with Crippen LogP contribution in [0.25, 0.3) is 0 Å². The summed E-state index contributed by atoms with van der Waals surface area (Å²) in [6.45, 7) is 9.83. The molecule has 1 amide bonds. The highest BCUT2D eigenvalue weighted by atomic mass is 35.5. The number of carbonyl (C=O) groups excluding carboxylic acids is 1. The molecule has 0 aromatic heterocycles. The number of ether oxygens (including phenoxy) is 1. The molecule has 1 aliphatic heterocycles. The molecule has 144 valence electrons. The van der Waals surface area contributed by atoms with Gasteiger partial charge in [-0.25, -0.2) is 0 Å². The van der Waals surface area contributed by atoms with E-state index < -0.39 is 0 Å². The van der Waals surface area contributed by atoms with E-state index in [1.165, 1.54) is 6.42 Å². The van der Waals surface area contributed by atoms with Crippen LogP contribution in [0.2, 0.25) is 0 Å². The van der Waals surface area contributed by atoms with E-state index in [0.29, 0.717) is 12.3 Å². The first-order valence-corrected chi connectivity index (χ1v) is 9.01. The van der Waals surface area contributed by atoms with E-state index in [2.05, 4.69) is 18.7 Å². The molecule has 5 nitrogen and oxygen atoms in total. The number of halogens is 2. The lowest BCUT2D eigenvalue weighted by Crippen LogP contribution is -2.35. The van der Waals surface area contributed by atoms with Gasteiger partial charge in [0.05, 0.1) is 12.7 Å². The van der Waals surface area contributed by atoms with Gasteiger partial charge < -0.3 is 20.3 Å². The maximum absolute atomic E-state index is 12.4. The van der Waals surface area contributed by atoms with E-state index in [1.54, 1.807) is 0 Å². The Kier molecular flexibility index (Phi) is 12.3. The second-order valence-electron chi connectivity index (χ2n) is 6.71. The molecule has 0 aromatic rings. The Hall–Kier alpha value is -0.0700. The molecule has 1 unspecified atom stereocenters. The molecule has 1 heterocycles. The molecule has 3 atom stereocenters. The smallest absolute Gasteiger partial charge is 0.222 e. The lowest BCUT2D eigenvalue weighted by molar-refractivity contribution is -0.131. The molecule has 0 aromatic carbocycles. The summed E-state index contributed by atoms with van der Waals surface area (Å²) in [5.74, 6) is 0.673. The molecule has 2 aliphatic rings. The van der Waals surface area contributed by atoms with Crippen LogP contribution >= 0.6 is 24.8 Å². The summed E-state index contributed by atoms with van der Waals surface area (Å²) in [6, 6.07) is 0.229. The van der Waals surface area contributed by atoms with Crippen molar-refractivity contribution in [2.45, 2.75) is 58.1 Å². The van der Waals surface area contributed by atoms with Gasteiger partial charge in [-0.05, 0) is 38.3 Å². The van der Waals surface area contributed by atoms with Crippen molar-refractivity contribution < 1.29 is 9.53 Å². The van der Waals surface area contributed by atoms with E-state index in [0.717, 1.165) is 58.6 Å². The number of nitrogens with two attached hydrogens (primary N) is 1. The van der Waals surface area contributed by atoms with E-state index in [9.17, 15) is 4.79 Å². The molecule has 0 bridgehead atoms. The van der Waals surface area contributed by atoms with Gasteiger partial charge in [-0.15, -0.1) is 24.8 Å². The average molecular weight is 384 g/mol. The van der Waals surface area contributed by atoms with Crippen molar-refractivity contribution in [2.75, 3.05) is 39.3 Å². The third kappa shape index (κ3) is 7.04. The minimum Gasteiger partial charge on any atom is -0.375 e. The van der Waals surface area contributed by atoms with Crippen LogP contribution in [0.1, 0.15) is 46.0 Å². The average Bonchev–Trinajstić information content (AvgIpc) is 3.14. The zero-order chi connectivity index (χ0) is 15.9. The normalized spacial score (nSPS) is 26.3. The molecule has 1 saturated heterocycles. The molecule has 24 heavy (non-hydrogen) atoms. The van der Waals surface area contributed by atoms with E-state index in [-0.39, 0.29) is 42.9 Å². The summed E-state index contributed by atoms with van der Waals surface area (Å²) in [5, 5.41) is 0. The first-order valence-electron chi connectivity index (χ1n) is 9.01. The summed E-state index contributed by atoms with van der Waals surface area (Å²) in [7, 11) is 0. The van der Waals surface area contributed by atoms with Crippen molar-refractivity contribution in [3.63, 3.8) is 0 Å². The highest BCUT2D eigenvalue weighted by Crippen LogP contribution is 2.28. The first-order chi connectivity index (χ1) is 10.6. The Balaban J connectivity index is 0.00000264. The summed E-state index contributed by atoms with van der Waals surface area (Å²) in [4.78, 5) is 16.7. The van der Waals surface area contributed by atoms with Crippen LogP contribution in [-0.2, 0) is 9.53 Å². The molecule has 2 fully saturated rings. The van der Waals surface area contributed by atoms with Gasteiger partial charge in [0.2, 0.25) is 5.91 Å². The minimum absolute atomic E-state index is 0. The molecule has 0 spiro atoms. The molecule has 0 radical (unpaired) electrons. The third-order valence-electron chi connectivity index (χ3n) is 5.31. The fourth-order valence-electron chi connectivity index (χ4n) is 3.65. The van der Waals surface area contributed by atoms with Crippen molar-refractivity contribution in [2.24, 2.45) is 11.7 Å². The Bertz CT molecular complexity index is 357. The molecule has 1 aliphatic carbocycles. The molecule has 7 heteroatoms. The van der Waals surface area contributed by atoms with Crippen molar-refractivity contribution >= 4 is 30.7 Å². The Morgan fingerprint density at radius 2 is 1.92 bits per heavy atom. The standard InChI is InChI=1S/C17H33N3O2.2ClH/c1-3-19(4-2)10-11-22-15-8-9-20(13-15)17(21)12-14-6-5-7-16(14)18;;/h14-16H,3-13,18H2,1-2H3;2*1H/t14-,15?,16+;;/m0../s1. The van der Waals surface area contributed by atoms with Crippen LogP contribution in [0.5, 0.6) is 0 Å². The lowest BCUT2D eigenvalue weighted by atomic mass is 9.99. The number of hydrogen-bond donors (Lipinski definition) is 1. The number of amides is 1. The van der Waals surface area contributed by atoms with Crippen molar-refractivity contribution in [1.29, 1.82) is 0 Å². The number of carbonyl (C=O) groups is 1. The quantitative estimate of drug-likeness (QED) is 0.698.